The third kappa shape index (κ3) is 2.67. The molecule has 0 spiro atoms. The molecule has 96 valence electrons. The predicted octanol–water partition coefficient (Wildman–Crippen LogP) is 1.35. The van der Waals surface area contributed by atoms with Gasteiger partial charge in [-0.1, -0.05) is 0 Å². The van der Waals surface area contributed by atoms with Crippen molar-refractivity contribution in [3.63, 3.8) is 0 Å². The van der Waals surface area contributed by atoms with Crippen molar-refractivity contribution in [2.75, 3.05) is 5.73 Å². The summed E-state index contributed by atoms with van der Waals surface area (Å²) in [5.74, 6) is -0.168. The standard InChI is InChI=1S/C9H7F3N4OS/c10-9(11,12)6-2-1-5(18-6)3-16-4-14-7(13)15-8(16)17/h1-2,4H,3H2,(H2,13,15,17). The van der Waals surface area contributed by atoms with Crippen molar-refractivity contribution in [1.29, 1.82) is 0 Å². The third-order valence-electron chi connectivity index (χ3n) is 2.05. The molecule has 0 saturated heterocycles. The molecule has 0 bridgehead atoms. The van der Waals surface area contributed by atoms with Gasteiger partial charge in [-0.3, -0.25) is 4.57 Å². The Hall–Kier alpha value is -1.90. The van der Waals surface area contributed by atoms with E-state index >= 15 is 0 Å². The molecular weight excluding hydrogens is 269 g/mol. The van der Waals surface area contributed by atoms with Crippen LogP contribution >= 0.6 is 11.3 Å². The number of nitrogens with two attached hydrogens (primary N) is 1. The molecule has 2 heterocycles. The Morgan fingerprint density at radius 1 is 1.39 bits per heavy atom. The molecule has 18 heavy (non-hydrogen) atoms. The van der Waals surface area contributed by atoms with Crippen LogP contribution in [0.15, 0.2) is 23.3 Å². The van der Waals surface area contributed by atoms with Gasteiger partial charge in [-0.25, -0.2) is 9.78 Å². The number of rotatable bonds is 2. The normalized spacial score (nSPS) is 11.7. The van der Waals surface area contributed by atoms with Gasteiger partial charge in [-0.05, 0) is 12.1 Å². The van der Waals surface area contributed by atoms with E-state index in [0.717, 1.165) is 17.0 Å². The van der Waals surface area contributed by atoms with Crippen LogP contribution in [0.25, 0.3) is 0 Å². The fourth-order valence-corrected chi connectivity index (χ4v) is 2.13. The van der Waals surface area contributed by atoms with Crippen LogP contribution in [0.2, 0.25) is 0 Å². The number of nitrogen functional groups attached to an aromatic ring is 1. The van der Waals surface area contributed by atoms with Gasteiger partial charge in [0.2, 0.25) is 5.95 Å². The van der Waals surface area contributed by atoms with Crippen LogP contribution in [0.4, 0.5) is 19.1 Å². The zero-order valence-electron chi connectivity index (χ0n) is 8.81. The number of hydrogen-bond acceptors (Lipinski definition) is 5. The van der Waals surface area contributed by atoms with E-state index in [4.69, 9.17) is 5.73 Å². The molecule has 0 unspecified atom stereocenters. The van der Waals surface area contributed by atoms with Gasteiger partial charge in [-0.15, -0.1) is 11.3 Å². The van der Waals surface area contributed by atoms with Gasteiger partial charge >= 0.3 is 11.9 Å². The van der Waals surface area contributed by atoms with Gasteiger partial charge in [0.15, 0.2) is 0 Å². The lowest BCUT2D eigenvalue weighted by Crippen LogP contribution is -2.24. The second kappa shape index (κ2) is 4.41. The highest BCUT2D eigenvalue weighted by atomic mass is 32.1. The summed E-state index contributed by atoms with van der Waals surface area (Å²) >= 11 is 0.576. The molecule has 0 aliphatic rings. The Morgan fingerprint density at radius 3 is 2.67 bits per heavy atom. The van der Waals surface area contributed by atoms with E-state index < -0.39 is 16.7 Å². The molecule has 0 aliphatic heterocycles. The van der Waals surface area contributed by atoms with Gasteiger partial charge in [-0.2, -0.15) is 18.2 Å². The van der Waals surface area contributed by atoms with Crippen LogP contribution in [-0.2, 0) is 12.7 Å². The minimum atomic E-state index is -4.37. The maximum absolute atomic E-state index is 12.4. The lowest BCUT2D eigenvalue weighted by molar-refractivity contribution is -0.134. The number of anilines is 1. The molecule has 0 saturated carbocycles. The van der Waals surface area contributed by atoms with Crippen molar-refractivity contribution in [2.45, 2.75) is 12.7 Å². The first-order valence-corrected chi connectivity index (χ1v) is 5.53. The quantitative estimate of drug-likeness (QED) is 0.898. The maximum Gasteiger partial charge on any atom is 0.425 e. The lowest BCUT2D eigenvalue weighted by Gasteiger charge is -2.02. The van der Waals surface area contributed by atoms with Crippen LogP contribution in [0.5, 0.6) is 0 Å². The average Bonchev–Trinajstić information content (AvgIpc) is 2.70. The first-order chi connectivity index (χ1) is 8.36. The van der Waals surface area contributed by atoms with Crippen molar-refractivity contribution in [1.82, 2.24) is 14.5 Å². The highest BCUT2D eigenvalue weighted by Crippen LogP contribution is 2.34. The zero-order chi connectivity index (χ0) is 13.3. The number of alkyl halides is 3. The second-order valence-corrected chi connectivity index (χ2v) is 4.56. The van der Waals surface area contributed by atoms with E-state index in [1.54, 1.807) is 0 Å². The summed E-state index contributed by atoms with van der Waals surface area (Å²) in [6.07, 6.45) is -3.22. The predicted molar refractivity (Wildman–Crippen MR) is 59.1 cm³/mol. The van der Waals surface area contributed by atoms with Crippen LogP contribution in [0.1, 0.15) is 9.75 Å². The van der Waals surface area contributed by atoms with Gasteiger partial charge in [0, 0.05) is 4.88 Å². The molecule has 2 aromatic rings. The van der Waals surface area contributed by atoms with Gasteiger partial charge in [0.25, 0.3) is 0 Å². The molecule has 0 aliphatic carbocycles. The Morgan fingerprint density at radius 2 is 2.11 bits per heavy atom. The number of hydrogen-bond donors (Lipinski definition) is 1. The number of thiophene rings is 1. The molecule has 0 radical (unpaired) electrons. The summed E-state index contributed by atoms with van der Waals surface area (Å²) in [7, 11) is 0. The van der Waals surface area contributed by atoms with Crippen molar-refractivity contribution in [2.24, 2.45) is 0 Å². The van der Waals surface area contributed by atoms with Crippen molar-refractivity contribution >= 4 is 17.3 Å². The van der Waals surface area contributed by atoms with Gasteiger partial charge in [0.05, 0.1) is 6.54 Å². The Balaban J connectivity index is 2.24. The van der Waals surface area contributed by atoms with Crippen molar-refractivity contribution in [3.05, 3.63) is 38.7 Å². The van der Waals surface area contributed by atoms with Crippen LogP contribution < -0.4 is 11.4 Å². The third-order valence-corrected chi connectivity index (χ3v) is 3.17. The molecule has 9 heteroatoms. The second-order valence-electron chi connectivity index (χ2n) is 3.39. The van der Waals surface area contributed by atoms with E-state index in [2.05, 4.69) is 9.97 Å². The molecule has 0 aromatic carbocycles. The number of aromatic nitrogens is 3. The number of halogens is 3. The average molecular weight is 276 g/mol. The topological polar surface area (TPSA) is 73.8 Å². The van der Waals surface area contributed by atoms with E-state index in [0.29, 0.717) is 16.2 Å². The van der Waals surface area contributed by atoms with Crippen LogP contribution in [-0.4, -0.2) is 14.5 Å². The van der Waals surface area contributed by atoms with Crippen molar-refractivity contribution in [3.8, 4) is 0 Å². The first kappa shape index (κ1) is 12.6. The summed E-state index contributed by atoms with van der Waals surface area (Å²) in [6.45, 7) is -0.0140. The smallest absolute Gasteiger partial charge is 0.368 e. The Kier molecular flexibility index (Phi) is 3.07. The minimum Gasteiger partial charge on any atom is -0.368 e. The molecule has 5 nitrogen and oxygen atoms in total. The van der Waals surface area contributed by atoms with Crippen molar-refractivity contribution < 1.29 is 13.2 Å². The lowest BCUT2D eigenvalue weighted by atomic mass is 10.4. The summed E-state index contributed by atoms with van der Waals surface area (Å²) < 4.78 is 38.2. The number of nitrogens with zero attached hydrogens (tertiary/aromatic N) is 3. The monoisotopic (exact) mass is 276 g/mol. The van der Waals surface area contributed by atoms with Crippen LogP contribution in [0.3, 0.4) is 0 Å². The Bertz CT molecular complexity index is 619. The minimum absolute atomic E-state index is 0.0140. The van der Waals surface area contributed by atoms with Crippen LogP contribution in [0, 0.1) is 0 Å². The molecule has 0 atom stereocenters. The fourth-order valence-electron chi connectivity index (χ4n) is 1.26. The SMILES string of the molecule is Nc1ncn(Cc2ccc(C(F)(F)F)s2)c(=O)n1. The summed E-state index contributed by atoms with van der Waals surface area (Å²) in [6, 6.07) is 2.29. The zero-order valence-corrected chi connectivity index (χ0v) is 9.63. The van der Waals surface area contributed by atoms with E-state index in [1.807, 2.05) is 0 Å². The molecule has 2 rings (SSSR count). The summed E-state index contributed by atoms with van der Waals surface area (Å²) in [5.41, 5.74) is 4.55. The van der Waals surface area contributed by atoms with Gasteiger partial charge in [0.1, 0.15) is 11.2 Å². The van der Waals surface area contributed by atoms with Gasteiger partial charge < -0.3 is 5.73 Å². The largest absolute Gasteiger partial charge is 0.425 e. The highest BCUT2D eigenvalue weighted by molar-refractivity contribution is 7.12. The molecular formula is C9H7F3N4OS. The summed E-state index contributed by atoms with van der Waals surface area (Å²) in [4.78, 5) is 18.0. The molecule has 2 N–H and O–H groups in total. The molecule has 2 aromatic heterocycles. The molecule has 0 fully saturated rings. The maximum atomic E-state index is 12.4. The molecule has 0 amide bonds. The first-order valence-electron chi connectivity index (χ1n) is 4.71. The highest BCUT2D eigenvalue weighted by Gasteiger charge is 2.32. The van der Waals surface area contributed by atoms with E-state index in [-0.39, 0.29) is 12.5 Å². The summed E-state index contributed by atoms with van der Waals surface area (Å²) in [5, 5.41) is 0. The van der Waals surface area contributed by atoms with E-state index in [9.17, 15) is 18.0 Å². The Labute approximate surface area is 103 Å². The van der Waals surface area contributed by atoms with E-state index in [1.165, 1.54) is 6.07 Å². The fraction of sp³-hybridized carbons (Fsp3) is 0.222.